The summed E-state index contributed by atoms with van der Waals surface area (Å²) in [7, 11) is -8.32. The van der Waals surface area contributed by atoms with Gasteiger partial charge in [-0.15, -0.1) is 0 Å². The number of nitrogens with two attached hydrogens (primary N) is 1. The van der Waals surface area contributed by atoms with Crippen LogP contribution in [-0.2, 0) is 20.0 Å². The quantitative estimate of drug-likeness (QED) is 0.579. The Morgan fingerprint density at radius 2 is 1.71 bits per heavy atom. The summed E-state index contributed by atoms with van der Waals surface area (Å²) in [5.74, 6) is -3.98. The first-order valence-electron chi connectivity index (χ1n) is 3.42. The standard InChI is InChI=1S/C4H10F2N2O4S2/c5-4(6)14(11,12)8-2-1-3-13(7,9)10/h4,8H,1-3H2,(H2,7,9,10). The zero-order chi connectivity index (χ0) is 11.4. The van der Waals surface area contributed by atoms with Crippen LogP contribution in [0.5, 0.6) is 0 Å². The molecular weight excluding hydrogens is 242 g/mol. The molecule has 0 rings (SSSR count). The zero-order valence-corrected chi connectivity index (χ0v) is 8.61. The van der Waals surface area contributed by atoms with Gasteiger partial charge in [-0.25, -0.2) is 26.7 Å². The first-order chi connectivity index (χ1) is 6.15. The topological polar surface area (TPSA) is 106 Å². The molecule has 0 aromatic rings. The molecule has 0 aliphatic carbocycles. The SMILES string of the molecule is NS(=O)(=O)CCCNS(=O)(=O)C(F)F. The maximum Gasteiger partial charge on any atom is 0.350 e. The van der Waals surface area contributed by atoms with Gasteiger partial charge < -0.3 is 0 Å². The second-order valence-corrected chi connectivity index (χ2v) is 5.89. The fourth-order valence-corrected chi connectivity index (χ4v) is 1.65. The number of hydrogen-bond donors (Lipinski definition) is 2. The van der Waals surface area contributed by atoms with Crippen molar-refractivity contribution in [2.75, 3.05) is 12.3 Å². The third kappa shape index (κ3) is 6.18. The number of nitrogens with one attached hydrogen (secondary N) is 1. The minimum atomic E-state index is -4.63. The molecule has 0 saturated carbocycles. The normalized spacial score (nSPS) is 13.4. The van der Waals surface area contributed by atoms with Crippen molar-refractivity contribution in [1.29, 1.82) is 0 Å². The van der Waals surface area contributed by atoms with Gasteiger partial charge in [-0.05, 0) is 6.42 Å². The number of hydrogen-bond acceptors (Lipinski definition) is 4. The maximum atomic E-state index is 11.7. The van der Waals surface area contributed by atoms with Gasteiger partial charge in [0.2, 0.25) is 10.0 Å². The predicted molar refractivity (Wildman–Crippen MR) is 45.5 cm³/mol. The summed E-state index contributed by atoms with van der Waals surface area (Å²) >= 11 is 0. The van der Waals surface area contributed by atoms with Crippen molar-refractivity contribution >= 4 is 20.0 Å². The average molecular weight is 252 g/mol. The number of halogens is 2. The second-order valence-electron chi connectivity index (χ2n) is 2.42. The summed E-state index contributed by atoms with van der Waals surface area (Å²) in [5, 5.41) is 4.59. The second kappa shape index (κ2) is 4.96. The monoisotopic (exact) mass is 252 g/mol. The molecule has 0 bridgehead atoms. The largest absolute Gasteiger partial charge is 0.350 e. The smallest absolute Gasteiger partial charge is 0.229 e. The van der Waals surface area contributed by atoms with E-state index in [2.05, 4.69) is 5.14 Å². The molecule has 0 heterocycles. The molecule has 0 amide bonds. The van der Waals surface area contributed by atoms with E-state index in [1.807, 2.05) is 0 Å². The van der Waals surface area contributed by atoms with Crippen molar-refractivity contribution in [2.45, 2.75) is 12.2 Å². The number of rotatable bonds is 6. The van der Waals surface area contributed by atoms with Crippen LogP contribution in [0.2, 0.25) is 0 Å². The summed E-state index contributed by atoms with van der Waals surface area (Å²) in [4.78, 5) is 0. The lowest BCUT2D eigenvalue weighted by molar-refractivity contribution is 0.232. The lowest BCUT2D eigenvalue weighted by atomic mass is 10.5. The van der Waals surface area contributed by atoms with E-state index < -0.39 is 31.6 Å². The third-order valence-corrected chi connectivity index (χ3v) is 3.08. The molecule has 0 unspecified atom stereocenters. The minimum absolute atomic E-state index is 0.148. The van der Waals surface area contributed by atoms with Crippen molar-refractivity contribution in [1.82, 2.24) is 4.72 Å². The third-order valence-electron chi connectivity index (χ3n) is 1.14. The highest BCUT2D eigenvalue weighted by atomic mass is 32.2. The van der Waals surface area contributed by atoms with Crippen LogP contribution in [0.3, 0.4) is 0 Å². The van der Waals surface area contributed by atoms with E-state index in [1.165, 1.54) is 4.72 Å². The molecule has 0 radical (unpaired) electrons. The van der Waals surface area contributed by atoms with E-state index in [-0.39, 0.29) is 13.0 Å². The van der Waals surface area contributed by atoms with Crippen LogP contribution in [0.1, 0.15) is 6.42 Å². The summed E-state index contributed by atoms with van der Waals surface area (Å²) < 4.78 is 66.4. The fraction of sp³-hybridized carbons (Fsp3) is 1.00. The van der Waals surface area contributed by atoms with Crippen LogP contribution in [0, 0.1) is 0 Å². The van der Waals surface area contributed by atoms with Gasteiger partial charge in [-0.3, -0.25) is 0 Å². The molecule has 0 fully saturated rings. The molecule has 0 aromatic heterocycles. The highest BCUT2D eigenvalue weighted by Gasteiger charge is 2.22. The van der Waals surface area contributed by atoms with E-state index in [9.17, 15) is 25.6 Å². The molecule has 0 aromatic carbocycles. The molecule has 86 valence electrons. The molecule has 6 nitrogen and oxygen atoms in total. The molecule has 3 N–H and O–H groups in total. The van der Waals surface area contributed by atoms with Gasteiger partial charge in [0.05, 0.1) is 5.75 Å². The molecule has 0 saturated heterocycles. The lowest BCUT2D eigenvalue weighted by Gasteiger charge is -2.04. The zero-order valence-electron chi connectivity index (χ0n) is 6.98. The summed E-state index contributed by atoms with van der Waals surface area (Å²) in [6.45, 7) is -0.386. The van der Waals surface area contributed by atoms with Crippen LogP contribution < -0.4 is 9.86 Å². The van der Waals surface area contributed by atoms with Crippen molar-refractivity contribution in [3.8, 4) is 0 Å². The summed E-state index contributed by atoms with van der Waals surface area (Å²) in [6.07, 6.45) is -0.148. The lowest BCUT2D eigenvalue weighted by Crippen LogP contribution is -2.31. The van der Waals surface area contributed by atoms with Crippen molar-refractivity contribution in [2.24, 2.45) is 5.14 Å². The highest BCUT2D eigenvalue weighted by Crippen LogP contribution is 2.01. The Morgan fingerprint density at radius 1 is 1.21 bits per heavy atom. The number of sulfonamides is 2. The van der Waals surface area contributed by atoms with Gasteiger partial charge in [-0.1, -0.05) is 0 Å². The first-order valence-corrected chi connectivity index (χ1v) is 6.68. The van der Waals surface area contributed by atoms with Crippen LogP contribution in [0.4, 0.5) is 8.78 Å². The van der Waals surface area contributed by atoms with E-state index in [4.69, 9.17) is 0 Å². The van der Waals surface area contributed by atoms with Gasteiger partial charge >= 0.3 is 5.76 Å². The Hall–Kier alpha value is -0.320. The Labute approximate surface area is 80.6 Å². The van der Waals surface area contributed by atoms with Crippen LogP contribution in [-0.4, -0.2) is 34.9 Å². The van der Waals surface area contributed by atoms with E-state index >= 15 is 0 Å². The van der Waals surface area contributed by atoms with E-state index in [0.29, 0.717) is 0 Å². The first kappa shape index (κ1) is 13.7. The van der Waals surface area contributed by atoms with Crippen molar-refractivity contribution < 1.29 is 25.6 Å². The average Bonchev–Trinajstić information content (AvgIpc) is 1.96. The Morgan fingerprint density at radius 3 is 2.07 bits per heavy atom. The Kier molecular flexibility index (Phi) is 4.84. The molecule has 0 aliphatic heterocycles. The van der Waals surface area contributed by atoms with Gasteiger partial charge in [0.25, 0.3) is 10.0 Å². The Balaban J connectivity index is 3.88. The summed E-state index contributed by atoms with van der Waals surface area (Å²) in [5.41, 5.74) is 0. The van der Waals surface area contributed by atoms with E-state index in [0.717, 1.165) is 0 Å². The fourth-order valence-electron chi connectivity index (χ4n) is 0.551. The van der Waals surface area contributed by atoms with E-state index in [1.54, 1.807) is 0 Å². The van der Waals surface area contributed by atoms with Gasteiger partial charge in [0, 0.05) is 6.54 Å². The molecule has 10 heteroatoms. The van der Waals surface area contributed by atoms with Crippen molar-refractivity contribution in [3.05, 3.63) is 0 Å². The summed E-state index contributed by atoms with van der Waals surface area (Å²) in [6, 6.07) is 0. The molecule has 0 atom stereocenters. The number of alkyl halides is 2. The van der Waals surface area contributed by atoms with Gasteiger partial charge in [0.15, 0.2) is 0 Å². The van der Waals surface area contributed by atoms with Gasteiger partial charge in [-0.2, -0.15) is 8.78 Å². The predicted octanol–water partition coefficient (Wildman–Crippen LogP) is -1.19. The molecular formula is C4H10F2N2O4S2. The van der Waals surface area contributed by atoms with Crippen LogP contribution in [0.25, 0.3) is 0 Å². The van der Waals surface area contributed by atoms with Crippen molar-refractivity contribution in [3.63, 3.8) is 0 Å². The maximum absolute atomic E-state index is 11.7. The minimum Gasteiger partial charge on any atom is -0.229 e. The number of primary sulfonamides is 1. The molecule has 0 aliphatic rings. The van der Waals surface area contributed by atoms with Gasteiger partial charge in [0.1, 0.15) is 0 Å². The van der Waals surface area contributed by atoms with Crippen LogP contribution in [0.15, 0.2) is 0 Å². The Bertz CT molecular complexity index is 363. The van der Waals surface area contributed by atoms with Crippen LogP contribution >= 0.6 is 0 Å². The molecule has 14 heavy (non-hydrogen) atoms. The molecule has 0 spiro atoms. The highest BCUT2D eigenvalue weighted by molar-refractivity contribution is 7.89.